The van der Waals surface area contributed by atoms with Crippen LogP contribution in [0.15, 0.2) is 18.3 Å². The molecule has 8 nitrogen and oxygen atoms in total. The van der Waals surface area contributed by atoms with Crippen molar-refractivity contribution in [3.8, 4) is 0 Å². The molecule has 4 rings (SSSR count). The molecule has 2 aliphatic heterocycles. The molecule has 34 heavy (non-hydrogen) atoms. The summed E-state index contributed by atoms with van der Waals surface area (Å²) in [6.45, 7) is 7.95. The first-order valence-electron chi connectivity index (χ1n) is 11.6. The lowest BCUT2D eigenvalue weighted by molar-refractivity contribution is -0.137. The number of nitrogens with one attached hydrogen (secondary N) is 1. The number of piperazine rings is 1. The molecule has 1 amide bonds. The first-order chi connectivity index (χ1) is 16.3. The van der Waals surface area contributed by atoms with E-state index in [0.29, 0.717) is 25.3 Å². The molecule has 2 aliphatic rings. The Morgan fingerprint density at radius 1 is 1.12 bits per heavy atom. The summed E-state index contributed by atoms with van der Waals surface area (Å²) in [7, 11) is 0. The summed E-state index contributed by atoms with van der Waals surface area (Å²) < 4.78 is 38.0. The van der Waals surface area contributed by atoms with Gasteiger partial charge in [-0.1, -0.05) is 11.3 Å². The van der Waals surface area contributed by atoms with Gasteiger partial charge in [-0.05, 0) is 44.9 Å². The highest BCUT2D eigenvalue weighted by atomic mass is 32.1. The molecule has 0 aromatic carbocycles. The van der Waals surface area contributed by atoms with E-state index in [2.05, 4.69) is 30.3 Å². The van der Waals surface area contributed by atoms with E-state index in [0.717, 1.165) is 74.4 Å². The fourth-order valence-corrected chi connectivity index (χ4v) is 5.06. The van der Waals surface area contributed by atoms with Crippen LogP contribution in [-0.2, 0) is 11.0 Å². The number of piperidine rings is 1. The van der Waals surface area contributed by atoms with E-state index >= 15 is 0 Å². The SMILES string of the molecule is Cc1nnc(N2CCN(CCCC(=O)N3CCC(Nc4ccc(C(F)(F)F)cn4)CC3)CC2)s1. The molecule has 0 radical (unpaired) electrons. The normalized spacial score (nSPS) is 18.4. The van der Waals surface area contributed by atoms with E-state index in [9.17, 15) is 18.0 Å². The largest absolute Gasteiger partial charge is 0.417 e. The van der Waals surface area contributed by atoms with E-state index in [1.54, 1.807) is 11.3 Å². The second-order valence-electron chi connectivity index (χ2n) is 8.77. The summed E-state index contributed by atoms with van der Waals surface area (Å²) in [6.07, 6.45) is -0.663. The third-order valence-corrected chi connectivity index (χ3v) is 7.21. The Morgan fingerprint density at radius 2 is 1.85 bits per heavy atom. The number of pyridine rings is 1. The summed E-state index contributed by atoms with van der Waals surface area (Å²) in [5, 5.41) is 13.5. The number of anilines is 2. The number of aryl methyl sites for hydroxylation is 1. The minimum atomic E-state index is -4.38. The Morgan fingerprint density at radius 3 is 2.44 bits per heavy atom. The Bertz CT molecular complexity index is 937. The van der Waals surface area contributed by atoms with Gasteiger partial charge in [0, 0.05) is 57.9 Å². The average molecular weight is 498 g/mol. The molecule has 0 atom stereocenters. The van der Waals surface area contributed by atoms with Gasteiger partial charge in [0.2, 0.25) is 11.0 Å². The number of alkyl halides is 3. The van der Waals surface area contributed by atoms with Crippen LogP contribution in [0.5, 0.6) is 0 Å². The molecule has 0 saturated carbocycles. The van der Waals surface area contributed by atoms with Gasteiger partial charge in [-0.2, -0.15) is 13.2 Å². The number of amides is 1. The number of halogens is 3. The van der Waals surface area contributed by atoms with Gasteiger partial charge in [-0.3, -0.25) is 9.69 Å². The second kappa shape index (κ2) is 10.9. The average Bonchev–Trinajstić information content (AvgIpc) is 3.26. The first-order valence-corrected chi connectivity index (χ1v) is 12.4. The zero-order valence-electron chi connectivity index (χ0n) is 19.2. The van der Waals surface area contributed by atoms with Gasteiger partial charge in [0.15, 0.2) is 0 Å². The minimum Gasteiger partial charge on any atom is -0.367 e. The van der Waals surface area contributed by atoms with Gasteiger partial charge in [-0.25, -0.2) is 4.98 Å². The maximum absolute atomic E-state index is 12.7. The zero-order chi connectivity index (χ0) is 24.1. The molecule has 1 N–H and O–H groups in total. The van der Waals surface area contributed by atoms with Crippen LogP contribution < -0.4 is 10.2 Å². The summed E-state index contributed by atoms with van der Waals surface area (Å²) in [6, 6.07) is 2.49. The smallest absolute Gasteiger partial charge is 0.367 e. The number of carbonyl (C=O) groups is 1. The maximum atomic E-state index is 12.7. The van der Waals surface area contributed by atoms with Crippen molar-refractivity contribution in [1.29, 1.82) is 0 Å². The molecule has 0 bridgehead atoms. The number of likely N-dealkylation sites (tertiary alicyclic amines) is 1. The van der Waals surface area contributed by atoms with Gasteiger partial charge in [-0.15, -0.1) is 10.2 Å². The van der Waals surface area contributed by atoms with E-state index < -0.39 is 11.7 Å². The second-order valence-corrected chi connectivity index (χ2v) is 9.93. The molecule has 4 heterocycles. The fraction of sp³-hybridized carbons (Fsp3) is 0.636. The molecular weight excluding hydrogens is 467 g/mol. The number of nitrogens with zero attached hydrogens (tertiary/aromatic N) is 6. The fourth-order valence-electron chi connectivity index (χ4n) is 4.32. The van der Waals surface area contributed by atoms with Crippen LogP contribution in [0.3, 0.4) is 0 Å². The van der Waals surface area contributed by atoms with Gasteiger partial charge >= 0.3 is 6.18 Å². The highest BCUT2D eigenvalue weighted by Gasteiger charge is 2.31. The lowest BCUT2D eigenvalue weighted by atomic mass is 10.0. The number of rotatable bonds is 7. The highest BCUT2D eigenvalue weighted by molar-refractivity contribution is 7.15. The molecule has 186 valence electrons. The highest BCUT2D eigenvalue weighted by Crippen LogP contribution is 2.29. The lowest BCUT2D eigenvalue weighted by Gasteiger charge is -2.35. The maximum Gasteiger partial charge on any atom is 0.417 e. The Labute approximate surface area is 201 Å². The molecule has 0 unspecified atom stereocenters. The van der Waals surface area contributed by atoms with Crippen molar-refractivity contribution in [2.75, 3.05) is 56.0 Å². The number of hydrogen-bond acceptors (Lipinski definition) is 8. The van der Waals surface area contributed by atoms with Crippen molar-refractivity contribution in [1.82, 2.24) is 25.0 Å². The monoisotopic (exact) mass is 497 g/mol. The predicted molar refractivity (Wildman–Crippen MR) is 125 cm³/mol. The van der Waals surface area contributed by atoms with Crippen LogP contribution in [0.4, 0.5) is 24.1 Å². The summed E-state index contributed by atoms with van der Waals surface area (Å²) in [5.74, 6) is 0.605. The molecule has 0 spiro atoms. The minimum absolute atomic E-state index is 0.0985. The Hall–Kier alpha value is -2.47. The van der Waals surface area contributed by atoms with Gasteiger partial charge in [0.05, 0.1) is 5.56 Å². The number of carbonyl (C=O) groups excluding carboxylic acids is 1. The quantitative estimate of drug-likeness (QED) is 0.629. The molecule has 2 fully saturated rings. The Kier molecular flexibility index (Phi) is 7.87. The van der Waals surface area contributed by atoms with Crippen LogP contribution in [-0.4, -0.2) is 82.7 Å². The first kappa shape index (κ1) is 24.6. The van der Waals surface area contributed by atoms with Gasteiger partial charge < -0.3 is 15.1 Å². The van der Waals surface area contributed by atoms with Crippen molar-refractivity contribution in [3.63, 3.8) is 0 Å². The van der Waals surface area contributed by atoms with E-state index in [-0.39, 0.29) is 11.9 Å². The van der Waals surface area contributed by atoms with Crippen LogP contribution in [0.25, 0.3) is 0 Å². The van der Waals surface area contributed by atoms with Crippen molar-refractivity contribution in [3.05, 3.63) is 28.9 Å². The Balaban J connectivity index is 1.11. The summed E-state index contributed by atoms with van der Waals surface area (Å²) in [4.78, 5) is 23.1. The third kappa shape index (κ3) is 6.56. The molecule has 2 saturated heterocycles. The summed E-state index contributed by atoms with van der Waals surface area (Å²) in [5.41, 5.74) is -0.757. The van der Waals surface area contributed by atoms with E-state index in [1.807, 2.05) is 11.8 Å². The molecule has 0 aliphatic carbocycles. The molecular formula is C22H30F3N7OS. The topological polar surface area (TPSA) is 77.5 Å². The molecule has 12 heteroatoms. The number of aromatic nitrogens is 3. The van der Waals surface area contributed by atoms with Crippen LogP contribution in [0, 0.1) is 6.92 Å². The van der Waals surface area contributed by atoms with Crippen molar-refractivity contribution in [2.45, 2.75) is 44.8 Å². The van der Waals surface area contributed by atoms with E-state index in [1.165, 1.54) is 6.07 Å². The van der Waals surface area contributed by atoms with Crippen molar-refractivity contribution in [2.24, 2.45) is 0 Å². The predicted octanol–water partition coefficient (Wildman–Crippen LogP) is 3.27. The number of hydrogen-bond donors (Lipinski definition) is 1. The van der Waals surface area contributed by atoms with Gasteiger partial charge in [0.25, 0.3) is 0 Å². The van der Waals surface area contributed by atoms with E-state index in [4.69, 9.17) is 0 Å². The molecule has 2 aromatic heterocycles. The van der Waals surface area contributed by atoms with Crippen LogP contribution in [0.1, 0.15) is 36.3 Å². The van der Waals surface area contributed by atoms with Crippen LogP contribution >= 0.6 is 11.3 Å². The van der Waals surface area contributed by atoms with Crippen molar-refractivity contribution < 1.29 is 18.0 Å². The van der Waals surface area contributed by atoms with Crippen molar-refractivity contribution >= 4 is 28.2 Å². The lowest BCUT2D eigenvalue weighted by Crippen LogP contribution is -2.47. The third-order valence-electron chi connectivity index (χ3n) is 6.31. The summed E-state index contributed by atoms with van der Waals surface area (Å²) >= 11 is 1.62. The molecule has 2 aromatic rings. The van der Waals surface area contributed by atoms with Crippen LogP contribution in [0.2, 0.25) is 0 Å². The standard InChI is InChI=1S/C22H30F3N7OS/c1-16-28-29-21(34-16)32-13-11-30(12-14-32)8-2-3-20(33)31-9-6-18(7-10-31)27-19-5-4-17(15-26-19)22(23,24)25/h4-5,15,18H,2-3,6-14H2,1H3,(H,26,27). The zero-order valence-corrected chi connectivity index (χ0v) is 20.0. The van der Waals surface area contributed by atoms with Gasteiger partial charge in [0.1, 0.15) is 10.8 Å².